The van der Waals surface area contributed by atoms with Gasteiger partial charge in [0.2, 0.25) is 0 Å². The maximum atomic E-state index is 12.5. The second-order valence-electron chi connectivity index (χ2n) is 5.05. The Hall–Kier alpha value is -1.58. The third-order valence-corrected chi connectivity index (χ3v) is 3.37. The van der Waals surface area contributed by atoms with Gasteiger partial charge in [-0.05, 0) is 38.3 Å². The molecular weight excluding hydrogens is 238 g/mol. The third-order valence-electron chi connectivity index (χ3n) is 3.37. The fourth-order valence-electron chi connectivity index (χ4n) is 2.14. The van der Waals surface area contributed by atoms with E-state index in [1.54, 1.807) is 6.20 Å². The van der Waals surface area contributed by atoms with Crippen molar-refractivity contribution in [3.05, 3.63) is 23.9 Å². The van der Waals surface area contributed by atoms with Gasteiger partial charge in [-0.1, -0.05) is 13.3 Å². The Morgan fingerprint density at radius 1 is 1.42 bits per heavy atom. The Balaban J connectivity index is 2.03. The van der Waals surface area contributed by atoms with E-state index in [2.05, 4.69) is 17.2 Å². The van der Waals surface area contributed by atoms with E-state index in [1.165, 1.54) is 0 Å². The average molecular weight is 261 g/mol. The highest BCUT2D eigenvalue weighted by Crippen LogP contribution is 2.28. The molecule has 1 saturated carbocycles. The maximum Gasteiger partial charge on any atom is 0.255 e. The quantitative estimate of drug-likeness (QED) is 0.821. The zero-order valence-electron chi connectivity index (χ0n) is 11.9. The molecule has 1 heterocycles. The molecule has 0 bridgehead atoms. The molecule has 0 saturated heterocycles. The van der Waals surface area contributed by atoms with E-state index >= 15 is 0 Å². The van der Waals surface area contributed by atoms with Gasteiger partial charge in [0.1, 0.15) is 5.82 Å². The van der Waals surface area contributed by atoms with Crippen LogP contribution in [0.25, 0.3) is 0 Å². The van der Waals surface area contributed by atoms with Crippen LogP contribution < -0.4 is 5.32 Å². The fourth-order valence-corrected chi connectivity index (χ4v) is 2.14. The molecule has 0 aromatic carbocycles. The number of unbranched alkanes of at least 4 members (excludes halogenated alkanes) is 1. The number of hydrogen-bond donors (Lipinski definition) is 1. The van der Waals surface area contributed by atoms with Crippen LogP contribution in [0.5, 0.6) is 0 Å². The molecule has 104 valence electrons. The lowest BCUT2D eigenvalue weighted by molar-refractivity contribution is 0.0740. The average Bonchev–Trinajstić information content (AvgIpc) is 3.25. The lowest BCUT2D eigenvalue weighted by Gasteiger charge is -2.22. The third kappa shape index (κ3) is 3.69. The number of amides is 1. The molecule has 0 spiro atoms. The second kappa shape index (κ2) is 6.55. The van der Waals surface area contributed by atoms with E-state index in [0.717, 1.165) is 44.6 Å². The molecule has 19 heavy (non-hydrogen) atoms. The minimum atomic E-state index is 0.131. The Labute approximate surface area is 115 Å². The van der Waals surface area contributed by atoms with Crippen LogP contribution in [0.15, 0.2) is 18.3 Å². The van der Waals surface area contributed by atoms with Crippen LogP contribution in [0, 0.1) is 0 Å². The summed E-state index contributed by atoms with van der Waals surface area (Å²) in [7, 11) is 0. The lowest BCUT2D eigenvalue weighted by atomic mass is 10.2. The lowest BCUT2D eigenvalue weighted by Crippen LogP contribution is -2.34. The van der Waals surface area contributed by atoms with Gasteiger partial charge in [0.15, 0.2) is 0 Å². The minimum absolute atomic E-state index is 0.131. The first kappa shape index (κ1) is 13.8. The van der Waals surface area contributed by atoms with Crippen molar-refractivity contribution < 1.29 is 4.79 Å². The molecule has 0 radical (unpaired) electrons. The van der Waals surface area contributed by atoms with Gasteiger partial charge >= 0.3 is 0 Å². The van der Waals surface area contributed by atoms with Crippen LogP contribution in [0.1, 0.15) is 49.9 Å². The van der Waals surface area contributed by atoms with Crippen LogP contribution in [0.2, 0.25) is 0 Å². The number of rotatable bonds is 7. The number of aromatic nitrogens is 1. The van der Waals surface area contributed by atoms with E-state index in [9.17, 15) is 4.79 Å². The number of carbonyl (C=O) groups is 1. The predicted octanol–water partition coefficient (Wildman–Crippen LogP) is 2.92. The van der Waals surface area contributed by atoms with E-state index in [4.69, 9.17) is 0 Å². The van der Waals surface area contributed by atoms with E-state index in [0.29, 0.717) is 11.6 Å². The molecule has 1 aromatic rings. The van der Waals surface area contributed by atoms with Gasteiger partial charge in [-0.3, -0.25) is 4.79 Å². The Morgan fingerprint density at radius 3 is 2.74 bits per heavy atom. The highest BCUT2D eigenvalue weighted by molar-refractivity contribution is 5.94. The summed E-state index contributed by atoms with van der Waals surface area (Å²) in [6, 6.07) is 4.21. The van der Waals surface area contributed by atoms with Crippen LogP contribution in [-0.4, -0.2) is 34.9 Å². The summed E-state index contributed by atoms with van der Waals surface area (Å²) >= 11 is 0. The number of carbonyl (C=O) groups excluding carboxylic acids is 1. The molecule has 4 nitrogen and oxygen atoms in total. The molecule has 4 heteroatoms. The van der Waals surface area contributed by atoms with Gasteiger partial charge < -0.3 is 10.2 Å². The van der Waals surface area contributed by atoms with Gasteiger partial charge in [0.05, 0.1) is 5.56 Å². The first-order valence-corrected chi connectivity index (χ1v) is 7.27. The Morgan fingerprint density at radius 2 is 2.21 bits per heavy atom. The molecule has 2 rings (SSSR count). The van der Waals surface area contributed by atoms with Gasteiger partial charge in [-0.2, -0.15) is 0 Å². The van der Waals surface area contributed by atoms with Crippen LogP contribution in [-0.2, 0) is 0 Å². The largest absolute Gasteiger partial charge is 0.370 e. The van der Waals surface area contributed by atoms with Crippen LogP contribution in [0.3, 0.4) is 0 Å². The topological polar surface area (TPSA) is 45.2 Å². The molecule has 1 fully saturated rings. The highest BCUT2D eigenvalue weighted by atomic mass is 16.2. The normalized spacial score (nSPS) is 14.2. The zero-order valence-corrected chi connectivity index (χ0v) is 11.9. The van der Waals surface area contributed by atoms with E-state index in [-0.39, 0.29) is 5.91 Å². The van der Waals surface area contributed by atoms with Crippen molar-refractivity contribution in [2.75, 3.05) is 18.4 Å². The van der Waals surface area contributed by atoms with Crippen LogP contribution >= 0.6 is 0 Å². The van der Waals surface area contributed by atoms with Crippen molar-refractivity contribution in [1.29, 1.82) is 0 Å². The fraction of sp³-hybridized carbons (Fsp3) is 0.600. The SMILES string of the molecule is CCCCN(C(=O)c1ccc(NCC)nc1)C1CC1. The summed E-state index contributed by atoms with van der Waals surface area (Å²) < 4.78 is 0. The first-order valence-electron chi connectivity index (χ1n) is 7.27. The molecule has 0 atom stereocenters. The van der Waals surface area contributed by atoms with Crippen molar-refractivity contribution in [3.8, 4) is 0 Å². The highest BCUT2D eigenvalue weighted by Gasteiger charge is 2.32. The molecule has 0 unspecified atom stereocenters. The van der Waals surface area contributed by atoms with Crippen molar-refractivity contribution >= 4 is 11.7 Å². The summed E-state index contributed by atoms with van der Waals surface area (Å²) in [4.78, 5) is 18.8. The van der Waals surface area contributed by atoms with Crippen LogP contribution in [0.4, 0.5) is 5.82 Å². The van der Waals surface area contributed by atoms with E-state index in [1.807, 2.05) is 24.0 Å². The van der Waals surface area contributed by atoms with Crippen molar-refractivity contribution in [2.24, 2.45) is 0 Å². The number of nitrogens with one attached hydrogen (secondary N) is 1. The molecule has 1 N–H and O–H groups in total. The Kier molecular flexibility index (Phi) is 4.77. The number of pyridine rings is 1. The van der Waals surface area contributed by atoms with Gasteiger partial charge in [0.25, 0.3) is 5.91 Å². The molecule has 1 aliphatic rings. The summed E-state index contributed by atoms with van der Waals surface area (Å²) in [5.41, 5.74) is 0.699. The maximum absolute atomic E-state index is 12.5. The van der Waals surface area contributed by atoms with Gasteiger partial charge in [0, 0.05) is 25.3 Å². The standard InChI is InChI=1S/C15H23N3O/c1-3-5-10-18(13-7-8-13)15(19)12-6-9-14(16-4-2)17-11-12/h6,9,11,13H,3-5,7-8,10H2,1-2H3,(H,16,17). The molecule has 1 aromatic heterocycles. The second-order valence-corrected chi connectivity index (χ2v) is 5.05. The smallest absolute Gasteiger partial charge is 0.255 e. The van der Waals surface area contributed by atoms with Crippen molar-refractivity contribution in [2.45, 2.75) is 45.6 Å². The summed E-state index contributed by atoms with van der Waals surface area (Å²) in [5, 5.41) is 3.14. The summed E-state index contributed by atoms with van der Waals surface area (Å²) in [5.74, 6) is 0.956. The molecular formula is C15H23N3O. The van der Waals surface area contributed by atoms with Gasteiger partial charge in [-0.15, -0.1) is 0 Å². The van der Waals surface area contributed by atoms with E-state index < -0.39 is 0 Å². The molecule has 0 aliphatic heterocycles. The molecule has 1 aliphatic carbocycles. The predicted molar refractivity (Wildman–Crippen MR) is 77.4 cm³/mol. The Bertz CT molecular complexity index is 412. The first-order chi connectivity index (χ1) is 9.26. The summed E-state index contributed by atoms with van der Waals surface area (Å²) in [6.45, 7) is 5.89. The monoisotopic (exact) mass is 261 g/mol. The summed E-state index contributed by atoms with van der Waals surface area (Å²) in [6.07, 6.45) is 6.18. The van der Waals surface area contributed by atoms with Crippen molar-refractivity contribution in [1.82, 2.24) is 9.88 Å². The molecule has 1 amide bonds. The zero-order chi connectivity index (χ0) is 13.7. The minimum Gasteiger partial charge on any atom is -0.370 e. The van der Waals surface area contributed by atoms with Crippen molar-refractivity contribution in [3.63, 3.8) is 0 Å². The number of hydrogen-bond acceptors (Lipinski definition) is 3. The van der Waals surface area contributed by atoms with Gasteiger partial charge in [-0.25, -0.2) is 4.98 Å². The number of anilines is 1. The number of nitrogens with zero attached hydrogens (tertiary/aromatic N) is 2.